The summed E-state index contributed by atoms with van der Waals surface area (Å²) in [6.45, 7) is 8.11. The third-order valence-corrected chi connectivity index (χ3v) is 4.28. The molecule has 21 heavy (non-hydrogen) atoms. The van der Waals surface area contributed by atoms with Crippen LogP contribution in [0, 0.1) is 0 Å². The van der Waals surface area contributed by atoms with Gasteiger partial charge in [0.25, 0.3) is 0 Å². The first-order valence-corrected chi connectivity index (χ1v) is 10.3. The minimum absolute atomic E-state index is 0.145. The van der Waals surface area contributed by atoms with E-state index < -0.39 is 20.5 Å². The molecule has 0 aliphatic rings. The average Bonchev–Trinajstić information content (AvgIpc) is 2.44. The van der Waals surface area contributed by atoms with Crippen molar-refractivity contribution in [1.82, 2.24) is 0 Å². The Balaban J connectivity index is 3.81. The molecule has 0 saturated heterocycles. The fourth-order valence-electron chi connectivity index (χ4n) is 1.25. The minimum atomic E-state index is -2.53. The summed E-state index contributed by atoms with van der Waals surface area (Å²) in [6.07, 6.45) is 3.62. The summed E-state index contributed by atoms with van der Waals surface area (Å²) in [5, 5.41) is 0. The molecule has 0 bridgehead atoms. The highest BCUT2D eigenvalue weighted by atomic mass is 28.4. The molecule has 0 spiro atoms. The van der Waals surface area contributed by atoms with Gasteiger partial charge in [-0.25, -0.2) is 9.59 Å². The zero-order valence-corrected chi connectivity index (χ0v) is 14.6. The van der Waals surface area contributed by atoms with Crippen molar-refractivity contribution in [2.45, 2.75) is 52.6 Å². The predicted octanol–water partition coefficient (Wildman–Crippen LogP) is 2.41. The van der Waals surface area contributed by atoms with Crippen molar-refractivity contribution in [3.05, 3.63) is 0 Å². The van der Waals surface area contributed by atoms with Gasteiger partial charge in [-0.1, -0.05) is 26.7 Å². The van der Waals surface area contributed by atoms with Crippen LogP contribution in [0.5, 0.6) is 0 Å². The molecule has 0 aromatic heterocycles. The minimum Gasteiger partial charge on any atom is -0.464 e. The molecule has 0 aliphatic heterocycles. The van der Waals surface area contributed by atoms with E-state index in [2.05, 4.69) is 0 Å². The first-order valence-electron chi connectivity index (χ1n) is 7.50. The maximum Gasteiger partial charge on any atom is 0.332 e. The van der Waals surface area contributed by atoms with E-state index in [1.54, 1.807) is 13.1 Å². The van der Waals surface area contributed by atoms with Crippen molar-refractivity contribution in [2.75, 3.05) is 26.4 Å². The summed E-state index contributed by atoms with van der Waals surface area (Å²) in [5.74, 6) is -0.809. The largest absolute Gasteiger partial charge is 0.464 e. The van der Waals surface area contributed by atoms with Crippen LogP contribution in [0.25, 0.3) is 0 Å². The van der Waals surface area contributed by atoms with Crippen molar-refractivity contribution >= 4 is 20.5 Å². The fourth-order valence-corrected chi connectivity index (χ4v) is 2.27. The Labute approximate surface area is 128 Å². The molecular formula is C14H28O6Si. The molecule has 7 heteroatoms. The molecular weight excluding hydrogens is 292 g/mol. The summed E-state index contributed by atoms with van der Waals surface area (Å²) in [4.78, 5) is 22.8. The number of esters is 2. The van der Waals surface area contributed by atoms with E-state index in [0.717, 1.165) is 25.7 Å². The Bertz CT molecular complexity index is 278. The Hall–Kier alpha value is -0.923. The molecule has 0 N–H and O–H groups in total. The first-order chi connectivity index (χ1) is 9.91. The number of carbonyl (C=O) groups excluding carboxylic acids is 2. The van der Waals surface area contributed by atoms with E-state index in [4.69, 9.17) is 18.3 Å². The lowest BCUT2D eigenvalue weighted by Crippen LogP contribution is -2.39. The van der Waals surface area contributed by atoms with Crippen LogP contribution in [-0.2, 0) is 27.9 Å². The number of hydrogen-bond acceptors (Lipinski definition) is 6. The van der Waals surface area contributed by atoms with Crippen LogP contribution >= 0.6 is 0 Å². The molecule has 0 aliphatic carbocycles. The lowest BCUT2D eigenvalue weighted by molar-refractivity contribution is -0.147. The van der Waals surface area contributed by atoms with E-state index in [9.17, 15) is 9.59 Å². The summed E-state index contributed by atoms with van der Waals surface area (Å²) in [6, 6.07) is 0. The van der Waals surface area contributed by atoms with E-state index in [-0.39, 0.29) is 13.2 Å². The number of carbonyl (C=O) groups is 2. The van der Waals surface area contributed by atoms with Crippen LogP contribution in [0.15, 0.2) is 0 Å². The summed E-state index contributed by atoms with van der Waals surface area (Å²) in [7, 11) is -2.53. The molecule has 6 nitrogen and oxygen atoms in total. The van der Waals surface area contributed by atoms with Gasteiger partial charge in [0.2, 0.25) is 0 Å². The van der Waals surface area contributed by atoms with Crippen LogP contribution in [0.3, 0.4) is 0 Å². The smallest absolute Gasteiger partial charge is 0.332 e. The normalized spacial score (nSPS) is 11.2. The first kappa shape index (κ1) is 20.1. The van der Waals surface area contributed by atoms with Crippen molar-refractivity contribution in [2.24, 2.45) is 0 Å². The lowest BCUT2D eigenvalue weighted by atomic mass is 10.4. The van der Waals surface area contributed by atoms with Gasteiger partial charge in [-0.05, 0) is 25.9 Å². The Morgan fingerprint density at radius 1 is 0.810 bits per heavy atom. The SMILES string of the molecule is CCCCOC(=O)CO[Si](C)(C)OCC(=O)OCCCC. The summed E-state index contributed by atoms with van der Waals surface area (Å²) < 4.78 is 20.8. The maximum absolute atomic E-state index is 11.4. The van der Waals surface area contributed by atoms with Gasteiger partial charge in [-0.2, -0.15) is 0 Å². The third kappa shape index (κ3) is 12.5. The van der Waals surface area contributed by atoms with Crippen LogP contribution < -0.4 is 0 Å². The van der Waals surface area contributed by atoms with Gasteiger partial charge < -0.3 is 18.3 Å². The quantitative estimate of drug-likeness (QED) is 0.312. The highest BCUT2D eigenvalue weighted by Gasteiger charge is 2.27. The van der Waals surface area contributed by atoms with Gasteiger partial charge in [0.15, 0.2) is 0 Å². The number of ether oxygens (including phenoxy) is 2. The monoisotopic (exact) mass is 320 g/mol. The second kappa shape index (κ2) is 11.7. The van der Waals surface area contributed by atoms with Crippen LogP contribution in [0.4, 0.5) is 0 Å². The average molecular weight is 320 g/mol. The standard InChI is InChI=1S/C14H28O6Si/c1-5-7-9-17-13(15)11-19-21(3,4)20-12-14(16)18-10-8-6-2/h5-12H2,1-4H3. The lowest BCUT2D eigenvalue weighted by Gasteiger charge is -2.21. The predicted molar refractivity (Wildman–Crippen MR) is 81.1 cm³/mol. The summed E-state index contributed by atoms with van der Waals surface area (Å²) in [5.41, 5.74) is 0. The van der Waals surface area contributed by atoms with Gasteiger partial charge in [0, 0.05) is 0 Å². The molecule has 0 atom stereocenters. The van der Waals surface area contributed by atoms with E-state index in [0.29, 0.717) is 13.2 Å². The van der Waals surface area contributed by atoms with Crippen molar-refractivity contribution in [3.8, 4) is 0 Å². The van der Waals surface area contributed by atoms with E-state index in [1.807, 2.05) is 13.8 Å². The molecule has 0 fully saturated rings. The zero-order chi connectivity index (χ0) is 16.1. The molecule has 0 heterocycles. The van der Waals surface area contributed by atoms with Crippen molar-refractivity contribution in [1.29, 1.82) is 0 Å². The van der Waals surface area contributed by atoms with Gasteiger partial charge in [0.1, 0.15) is 13.2 Å². The van der Waals surface area contributed by atoms with Gasteiger partial charge in [-0.3, -0.25) is 0 Å². The fraction of sp³-hybridized carbons (Fsp3) is 0.857. The Kier molecular flexibility index (Phi) is 11.2. The second-order valence-corrected chi connectivity index (χ2v) is 8.50. The Morgan fingerprint density at radius 2 is 1.19 bits per heavy atom. The third-order valence-electron chi connectivity index (χ3n) is 2.60. The zero-order valence-electron chi connectivity index (χ0n) is 13.6. The van der Waals surface area contributed by atoms with Crippen LogP contribution in [0.1, 0.15) is 39.5 Å². The van der Waals surface area contributed by atoms with Crippen LogP contribution in [-0.4, -0.2) is 46.9 Å². The van der Waals surface area contributed by atoms with E-state index in [1.165, 1.54) is 0 Å². The number of hydrogen-bond donors (Lipinski definition) is 0. The molecule has 0 saturated carbocycles. The maximum atomic E-state index is 11.4. The van der Waals surface area contributed by atoms with Gasteiger partial charge in [-0.15, -0.1) is 0 Å². The topological polar surface area (TPSA) is 71.1 Å². The van der Waals surface area contributed by atoms with Gasteiger partial charge >= 0.3 is 20.5 Å². The van der Waals surface area contributed by atoms with Crippen molar-refractivity contribution < 1.29 is 27.9 Å². The van der Waals surface area contributed by atoms with E-state index >= 15 is 0 Å². The Morgan fingerprint density at radius 3 is 1.52 bits per heavy atom. The number of rotatable bonds is 12. The van der Waals surface area contributed by atoms with Gasteiger partial charge in [0.05, 0.1) is 13.2 Å². The highest BCUT2D eigenvalue weighted by Crippen LogP contribution is 2.07. The second-order valence-electron chi connectivity index (χ2n) is 5.13. The molecule has 0 radical (unpaired) electrons. The molecule has 124 valence electrons. The van der Waals surface area contributed by atoms with Crippen molar-refractivity contribution in [3.63, 3.8) is 0 Å². The highest BCUT2D eigenvalue weighted by molar-refractivity contribution is 6.64. The molecule has 0 unspecified atom stereocenters. The molecule has 0 aromatic rings. The molecule has 0 aromatic carbocycles. The molecule has 0 amide bonds. The molecule has 0 rings (SSSR count). The van der Waals surface area contributed by atoms with Crippen LogP contribution in [0.2, 0.25) is 13.1 Å². The summed E-state index contributed by atoms with van der Waals surface area (Å²) >= 11 is 0. The number of unbranched alkanes of at least 4 members (excludes halogenated alkanes) is 2.